The fourth-order valence-electron chi connectivity index (χ4n) is 3.08. The highest BCUT2D eigenvalue weighted by molar-refractivity contribution is 7.99. The number of aliphatic hydroxyl groups excluding tert-OH is 1. The van der Waals surface area contributed by atoms with Crippen LogP contribution in [0.15, 0.2) is 17.3 Å². The van der Waals surface area contributed by atoms with E-state index in [0.29, 0.717) is 24.5 Å². The molecule has 1 saturated heterocycles. The molecule has 0 aromatic carbocycles. The first-order valence-electron chi connectivity index (χ1n) is 8.20. The highest BCUT2D eigenvalue weighted by atomic mass is 32.2. The highest BCUT2D eigenvalue weighted by Crippen LogP contribution is 2.24. The molecule has 3 heterocycles. The molecule has 2 atom stereocenters. The van der Waals surface area contributed by atoms with Crippen molar-refractivity contribution in [3.05, 3.63) is 28.4 Å². The predicted molar refractivity (Wildman–Crippen MR) is 93.7 cm³/mol. The van der Waals surface area contributed by atoms with Gasteiger partial charge in [-0.1, -0.05) is 13.3 Å². The number of hydrogen-bond acceptors (Lipinski definition) is 5. The summed E-state index contributed by atoms with van der Waals surface area (Å²) in [6, 6.07) is 0. The van der Waals surface area contributed by atoms with E-state index in [1.807, 2.05) is 18.0 Å². The first-order chi connectivity index (χ1) is 11.2. The minimum Gasteiger partial charge on any atom is -0.391 e. The lowest BCUT2D eigenvalue weighted by Crippen LogP contribution is -2.21. The van der Waals surface area contributed by atoms with Crippen LogP contribution in [0, 0.1) is 5.92 Å². The fourth-order valence-corrected chi connectivity index (χ4v) is 4.37. The van der Waals surface area contributed by atoms with Crippen LogP contribution in [0.1, 0.15) is 25.3 Å². The average molecular weight is 336 g/mol. The van der Waals surface area contributed by atoms with E-state index in [1.54, 1.807) is 0 Å². The number of nitrogens with zero attached hydrogens (tertiary/aromatic N) is 2. The molecule has 23 heavy (non-hydrogen) atoms. The molecule has 0 unspecified atom stereocenters. The summed E-state index contributed by atoms with van der Waals surface area (Å²) >= 11 is 1.94. The lowest BCUT2D eigenvalue weighted by Gasteiger charge is -2.14. The van der Waals surface area contributed by atoms with Gasteiger partial charge in [-0.05, 0) is 17.9 Å². The van der Waals surface area contributed by atoms with Gasteiger partial charge >= 0.3 is 0 Å². The highest BCUT2D eigenvalue weighted by Gasteiger charge is 2.31. The molecule has 126 valence electrons. The molecule has 2 aromatic rings. The zero-order chi connectivity index (χ0) is 16.2. The van der Waals surface area contributed by atoms with Crippen molar-refractivity contribution in [1.29, 1.82) is 0 Å². The maximum atomic E-state index is 11.7. The molecule has 1 aliphatic heterocycles. The fraction of sp³-hybridized carbons (Fsp3) is 0.625. The molecular weight excluding hydrogens is 312 g/mol. The molecule has 2 aromatic heterocycles. The van der Waals surface area contributed by atoms with Crippen molar-refractivity contribution in [3.8, 4) is 0 Å². The van der Waals surface area contributed by atoms with Gasteiger partial charge in [0.05, 0.1) is 17.9 Å². The molecule has 1 fully saturated rings. The molecule has 0 spiro atoms. The van der Waals surface area contributed by atoms with Gasteiger partial charge in [-0.15, -0.1) is 0 Å². The van der Waals surface area contributed by atoms with Gasteiger partial charge in [0.1, 0.15) is 5.52 Å². The topological polar surface area (TPSA) is 85.0 Å². The second-order valence-corrected chi connectivity index (χ2v) is 7.37. The van der Waals surface area contributed by atoms with E-state index in [1.165, 1.54) is 24.9 Å². The Labute approximate surface area is 139 Å². The van der Waals surface area contributed by atoms with Crippen LogP contribution in [0.25, 0.3) is 11.0 Å². The number of H-pyrrole nitrogens is 2. The van der Waals surface area contributed by atoms with Crippen LogP contribution in [0.5, 0.6) is 0 Å². The van der Waals surface area contributed by atoms with Gasteiger partial charge in [0.2, 0.25) is 0 Å². The quantitative estimate of drug-likeness (QED) is 0.669. The zero-order valence-corrected chi connectivity index (χ0v) is 14.2. The van der Waals surface area contributed by atoms with Crippen molar-refractivity contribution in [2.75, 3.05) is 24.6 Å². The first-order valence-corrected chi connectivity index (χ1v) is 9.36. The Morgan fingerprint density at radius 3 is 3.13 bits per heavy atom. The molecule has 3 N–H and O–H groups in total. The van der Waals surface area contributed by atoms with Crippen LogP contribution in [-0.2, 0) is 6.54 Å². The molecule has 0 bridgehead atoms. The minimum atomic E-state index is -0.259. The van der Waals surface area contributed by atoms with Crippen LogP contribution >= 0.6 is 11.8 Å². The SMILES string of the molecule is CCCCSC[C@H]1CN(Cc2c[nH]c3c(=O)[nH]cnc23)C[C@@H]1O. The molecule has 3 rings (SSSR count). The standard InChI is InChI=1S/C16H24N4O2S/c1-2-3-4-23-9-12-7-20(8-13(12)21)6-11-5-17-15-14(11)18-10-19-16(15)22/h5,10,12-13,17,21H,2-4,6-9H2,1H3,(H,18,19,22)/t12-,13+/m1/s1. The Balaban J connectivity index is 1.60. The summed E-state index contributed by atoms with van der Waals surface area (Å²) in [5, 5.41) is 10.3. The number of rotatable bonds is 7. The van der Waals surface area contributed by atoms with E-state index in [0.717, 1.165) is 23.4 Å². The van der Waals surface area contributed by atoms with Gasteiger partial charge in [-0.25, -0.2) is 4.98 Å². The molecule has 6 nitrogen and oxygen atoms in total. The Bertz CT molecular complexity index is 699. The van der Waals surface area contributed by atoms with Crippen molar-refractivity contribution < 1.29 is 5.11 Å². The Hall–Kier alpha value is -1.31. The molecule has 0 radical (unpaired) electrons. The molecule has 7 heteroatoms. The lowest BCUT2D eigenvalue weighted by molar-refractivity contribution is 0.149. The van der Waals surface area contributed by atoms with Gasteiger partial charge < -0.3 is 15.1 Å². The third-order valence-electron chi connectivity index (χ3n) is 4.40. The van der Waals surface area contributed by atoms with Crippen molar-refractivity contribution in [3.63, 3.8) is 0 Å². The number of aromatic nitrogens is 3. The summed E-state index contributed by atoms with van der Waals surface area (Å²) in [5.41, 5.74) is 2.11. The molecule has 1 aliphatic rings. The van der Waals surface area contributed by atoms with Gasteiger partial charge in [0, 0.05) is 37.3 Å². The van der Waals surface area contributed by atoms with Crippen LogP contribution in [0.3, 0.4) is 0 Å². The Kier molecular flexibility index (Phi) is 5.40. The third kappa shape index (κ3) is 3.79. The van der Waals surface area contributed by atoms with E-state index in [4.69, 9.17) is 0 Å². The Morgan fingerprint density at radius 2 is 2.30 bits per heavy atom. The summed E-state index contributed by atoms with van der Waals surface area (Å²) in [7, 11) is 0. The zero-order valence-electron chi connectivity index (χ0n) is 13.4. The predicted octanol–water partition coefficient (Wildman–Crippen LogP) is 1.58. The molecule has 0 saturated carbocycles. The van der Waals surface area contributed by atoms with Crippen LogP contribution < -0.4 is 5.56 Å². The summed E-state index contributed by atoms with van der Waals surface area (Å²) in [6.07, 6.45) is 5.49. The van der Waals surface area contributed by atoms with Crippen molar-refractivity contribution in [2.24, 2.45) is 5.92 Å². The maximum Gasteiger partial charge on any atom is 0.275 e. The van der Waals surface area contributed by atoms with Crippen LogP contribution in [0.4, 0.5) is 0 Å². The van der Waals surface area contributed by atoms with Crippen molar-refractivity contribution in [2.45, 2.75) is 32.4 Å². The van der Waals surface area contributed by atoms with E-state index < -0.39 is 0 Å². The molecular formula is C16H24N4O2S. The number of unbranched alkanes of at least 4 members (excludes halogenated alkanes) is 1. The van der Waals surface area contributed by atoms with Gasteiger partial charge in [0.25, 0.3) is 5.56 Å². The summed E-state index contributed by atoms with van der Waals surface area (Å²) in [4.78, 5) is 23.8. The van der Waals surface area contributed by atoms with Gasteiger partial charge in [-0.2, -0.15) is 11.8 Å². The monoisotopic (exact) mass is 336 g/mol. The number of hydrogen-bond donors (Lipinski definition) is 3. The smallest absolute Gasteiger partial charge is 0.275 e. The van der Waals surface area contributed by atoms with E-state index in [9.17, 15) is 9.90 Å². The Morgan fingerprint density at radius 1 is 1.43 bits per heavy atom. The van der Waals surface area contributed by atoms with E-state index >= 15 is 0 Å². The first kappa shape index (κ1) is 16.5. The van der Waals surface area contributed by atoms with Crippen LogP contribution in [-0.4, -0.2) is 55.7 Å². The molecule has 0 aliphatic carbocycles. The summed E-state index contributed by atoms with van der Waals surface area (Å²) in [6.45, 7) is 4.50. The van der Waals surface area contributed by atoms with Crippen molar-refractivity contribution >= 4 is 22.8 Å². The maximum absolute atomic E-state index is 11.7. The third-order valence-corrected chi connectivity index (χ3v) is 5.64. The number of likely N-dealkylation sites (tertiary alicyclic amines) is 1. The number of thioether (sulfide) groups is 1. The number of aliphatic hydroxyl groups is 1. The number of nitrogens with one attached hydrogen (secondary N) is 2. The minimum absolute atomic E-state index is 0.145. The van der Waals surface area contributed by atoms with Gasteiger partial charge in [-0.3, -0.25) is 9.69 Å². The normalized spacial score (nSPS) is 22.2. The average Bonchev–Trinajstić information content (AvgIpc) is 3.09. The summed E-state index contributed by atoms with van der Waals surface area (Å²) in [5.74, 6) is 2.52. The largest absolute Gasteiger partial charge is 0.391 e. The second-order valence-electron chi connectivity index (χ2n) is 6.22. The lowest BCUT2D eigenvalue weighted by atomic mass is 10.1. The number of β-amino-alcohol motifs (C(OH)–C–C–N with tert-alkyl or cyclic N) is 1. The van der Waals surface area contributed by atoms with Gasteiger partial charge in [0.15, 0.2) is 0 Å². The number of aromatic amines is 2. The van der Waals surface area contributed by atoms with E-state index in [2.05, 4.69) is 26.8 Å². The molecule has 0 amide bonds. The van der Waals surface area contributed by atoms with Crippen molar-refractivity contribution in [1.82, 2.24) is 19.9 Å². The number of fused-ring (bicyclic) bond motifs is 1. The van der Waals surface area contributed by atoms with E-state index in [-0.39, 0.29) is 11.7 Å². The summed E-state index contributed by atoms with van der Waals surface area (Å²) < 4.78 is 0. The second kappa shape index (κ2) is 7.51. The van der Waals surface area contributed by atoms with Crippen LogP contribution in [0.2, 0.25) is 0 Å².